The van der Waals surface area contributed by atoms with Crippen LogP contribution in [-0.2, 0) is 4.57 Å². The highest BCUT2D eigenvalue weighted by atomic mass is 31.2. The van der Waals surface area contributed by atoms with Crippen molar-refractivity contribution in [2.24, 2.45) is 0 Å². The van der Waals surface area contributed by atoms with Gasteiger partial charge in [0.25, 0.3) is 0 Å². The van der Waals surface area contributed by atoms with E-state index >= 15 is 0 Å². The van der Waals surface area contributed by atoms with E-state index in [-0.39, 0.29) is 0 Å². The van der Waals surface area contributed by atoms with Crippen molar-refractivity contribution >= 4 is 7.14 Å². The molecule has 0 rings (SSSR count). The first kappa shape index (κ1) is 19.2. The maximum absolute atomic E-state index is 12.8. The lowest BCUT2D eigenvalue weighted by Gasteiger charge is -2.26. The molecule has 0 aromatic heterocycles. The third-order valence-corrected chi connectivity index (χ3v) is 8.87. The average molecular weight is 288 g/mol. The molecule has 0 aliphatic rings. The van der Waals surface area contributed by atoms with Crippen LogP contribution in [0.2, 0.25) is 0 Å². The van der Waals surface area contributed by atoms with Gasteiger partial charge in [-0.1, -0.05) is 86.0 Å². The number of unbranched alkanes of at least 4 members (excludes halogenated alkanes) is 8. The summed E-state index contributed by atoms with van der Waals surface area (Å²) in [7, 11) is -1.93. The fourth-order valence-electron chi connectivity index (χ4n) is 2.78. The van der Waals surface area contributed by atoms with Crippen molar-refractivity contribution in [1.82, 2.24) is 0 Å². The van der Waals surface area contributed by atoms with Crippen LogP contribution in [0.15, 0.2) is 0 Å². The number of hydrogen-bond acceptors (Lipinski definition) is 1. The van der Waals surface area contributed by atoms with Gasteiger partial charge in [-0.3, -0.25) is 0 Å². The van der Waals surface area contributed by atoms with Gasteiger partial charge < -0.3 is 4.57 Å². The molecule has 0 atom stereocenters. The largest absolute Gasteiger partial charge is 0.323 e. The van der Waals surface area contributed by atoms with Gasteiger partial charge in [-0.2, -0.15) is 0 Å². The van der Waals surface area contributed by atoms with E-state index < -0.39 is 7.14 Å². The first-order valence-corrected chi connectivity index (χ1v) is 10.6. The lowest BCUT2D eigenvalue weighted by molar-refractivity contribution is 0.550. The summed E-state index contributed by atoms with van der Waals surface area (Å²) in [6, 6.07) is 0. The molecule has 0 spiro atoms. The van der Waals surface area contributed by atoms with Gasteiger partial charge in [-0.25, -0.2) is 0 Å². The summed E-state index contributed by atoms with van der Waals surface area (Å²) < 4.78 is 12.8. The van der Waals surface area contributed by atoms with Crippen LogP contribution in [-0.4, -0.2) is 17.5 Å². The normalized spacial score (nSPS) is 12.6. The monoisotopic (exact) mass is 288 g/mol. The first-order valence-electron chi connectivity index (χ1n) is 8.53. The average Bonchev–Trinajstić information content (AvgIpc) is 2.36. The maximum atomic E-state index is 12.8. The fraction of sp³-hybridized carbons (Fsp3) is 1.00. The summed E-state index contributed by atoms with van der Waals surface area (Å²) in [4.78, 5) is 0. The van der Waals surface area contributed by atoms with Crippen LogP contribution in [0.1, 0.15) is 92.4 Å². The molecule has 0 unspecified atom stereocenters. The van der Waals surface area contributed by atoms with Gasteiger partial charge in [0.15, 0.2) is 0 Å². The zero-order valence-corrected chi connectivity index (χ0v) is 15.0. The van der Waals surface area contributed by atoms with E-state index in [0.29, 0.717) is 11.3 Å². The van der Waals surface area contributed by atoms with Crippen molar-refractivity contribution in [3.05, 3.63) is 0 Å². The highest BCUT2D eigenvalue weighted by Gasteiger charge is 2.29. The Kier molecular flexibility index (Phi) is 11.1. The van der Waals surface area contributed by atoms with Crippen molar-refractivity contribution in [3.8, 4) is 0 Å². The molecule has 0 bridgehead atoms. The van der Waals surface area contributed by atoms with Gasteiger partial charge in [-0.15, -0.1) is 0 Å². The summed E-state index contributed by atoms with van der Waals surface area (Å²) in [6.45, 7) is 10.8. The smallest absolute Gasteiger partial charge is 0.0925 e. The summed E-state index contributed by atoms with van der Waals surface area (Å²) in [5, 5.41) is 0. The van der Waals surface area contributed by atoms with Crippen LogP contribution in [0.5, 0.6) is 0 Å². The molecule has 0 N–H and O–H groups in total. The van der Waals surface area contributed by atoms with E-state index in [1.807, 2.05) is 0 Å². The summed E-state index contributed by atoms with van der Waals surface area (Å²) >= 11 is 0. The van der Waals surface area contributed by atoms with E-state index in [1.165, 1.54) is 57.8 Å². The summed E-state index contributed by atoms with van der Waals surface area (Å²) in [5.41, 5.74) is 0.725. The topological polar surface area (TPSA) is 17.1 Å². The molecule has 0 aromatic rings. The molecule has 0 heterocycles. The van der Waals surface area contributed by atoms with Gasteiger partial charge in [0, 0.05) is 17.5 Å². The molecule has 1 nitrogen and oxygen atoms in total. The number of hydrogen-bond donors (Lipinski definition) is 0. The quantitative estimate of drug-likeness (QED) is 0.288. The van der Waals surface area contributed by atoms with Crippen molar-refractivity contribution in [1.29, 1.82) is 0 Å². The van der Waals surface area contributed by atoms with E-state index in [1.54, 1.807) is 0 Å². The van der Waals surface area contributed by atoms with Crippen molar-refractivity contribution in [2.45, 2.75) is 104 Å². The Hall–Kier alpha value is 0.230. The standard InChI is InChI=1S/C17H37OP/c1-6-7-8-9-10-11-12-13-14-15-19(18,16(2)3)17(4)5/h16-17H,6-15H2,1-5H3. The predicted octanol–water partition coefficient (Wildman–Crippen LogP) is 6.70. The van der Waals surface area contributed by atoms with Gasteiger partial charge >= 0.3 is 0 Å². The SMILES string of the molecule is CCCCCCCCCCCP(=O)(C(C)C)C(C)C. The minimum Gasteiger partial charge on any atom is -0.323 e. The minimum absolute atomic E-state index is 0.363. The molecule has 0 aliphatic carbocycles. The molecular weight excluding hydrogens is 251 g/mol. The molecule has 19 heavy (non-hydrogen) atoms. The Labute approximate surface area is 122 Å². The van der Waals surface area contributed by atoms with E-state index in [0.717, 1.165) is 6.16 Å². The number of rotatable bonds is 12. The highest BCUT2D eigenvalue weighted by Crippen LogP contribution is 2.55. The second-order valence-electron chi connectivity index (χ2n) is 6.59. The first-order chi connectivity index (χ1) is 8.95. The van der Waals surface area contributed by atoms with Crippen LogP contribution < -0.4 is 0 Å². The highest BCUT2D eigenvalue weighted by molar-refractivity contribution is 7.65. The molecule has 2 heteroatoms. The fourth-order valence-corrected chi connectivity index (χ4v) is 5.73. The third-order valence-electron chi connectivity index (χ3n) is 4.36. The van der Waals surface area contributed by atoms with Gasteiger partial charge in [-0.05, 0) is 6.42 Å². The van der Waals surface area contributed by atoms with Crippen LogP contribution in [0.4, 0.5) is 0 Å². The zero-order chi connectivity index (χ0) is 14.7. The van der Waals surface area contributed by atoms with Crippen LogP contribution in [0.3, 0.4) is 0 Å². The predicted molar refractivity (Wildman–Crippen MR) is 90.0 cm³/mol. The second-order valence-corrected chi connectivity index (χ2v) is 10.8. The van der Waals surface area contributed by atoms with E-state index in [9.17, 15) is 4.57 Å². The van der Waals surface area contributed by atoms with Gasteiger partial charge in [0.05, 0.1) is 7.14 Å². The molecular formula is C17H37OP. The zero-order valence-electron chi connectivity index (χ0n) is 14.1. The minimum atomic E-state index is -1.93. The van der Waals surface area contributed by atoms with Crippen molar-refractivity contribution in [3.63, 3.8) is 0 Å². The van der Waals surface area contributed by atoms with Gasteiger partial charge in [0.1, 0.15) is 0 Å². The summed E-state index contributed by atoms with van der Waals surface area (Å²) in [6.07, 6.45) is 13.1. The molecule has 0 radical (unpaired) electrons. The Morgan fingerprint density at radius 1 is 0.684 bits per heavy atom. The molecule has 0 fully saturated rings. The second kappa shape index (κ2) is 11.0. The maximum Gasteiger partial charge on any atom is 0.0925 e. The van der Waals surface area contributed by atoms with E-state index in [4.69, 9.17) is 0 Å². The lowest BCUT2D eigenvalue weighted by Crippen LogP contribution is -2.11. The van der Waals surface area contributed by atoms with E-state index in [2.05, 4.69) is 34.6 Å². The Bertz CT molecular complexity index is 234. The molecule has 0 saturated carbocycles. The molecule has 0 saturated heterocycles. The molecule has 0 aliphatic heterocycles. The van der Waals surface area contributed by atoms with Gasteiger partial charge in [0.2, 0.25) is 0 Å². The van der Waals surface area contributed by atoms with Crippen molar-refractivity contribution < 1.29 is 4.57 Å². The van der Waals surface area contributed by atoms with Crippen LogP contribution >= 0.6 is 7.14 Å². The van der Waals surface area contributed by atoms with Crippen molar-refractivity contribution in [2.75, 3.05) is 6.16 Å². The Morgan fingerprint density at radius 2 is 1.05 bits per heavy atom. The Morgan fingerprint density at radius 3 is 1.42 bits per heavy atom. The summed E-state index contributed by atoms with van der Waals surface area (Å²) in [5.74, 6) is 0. The molecule has 116 valence electrons. The molecule has 0 aromatic carbocycles. The van der Waals surface area contributed by atoms with Crippen LogP contribution in [0, 0.1) is 0 Å². The lowest BCUT2D eigenvalue weighted by atomic mass is 10.1. The molecule has 0 amide bonds. The third kappa shape index (κ3) is 8.18. The Balaban J connectivity index is 3.60. The van der Waals surface area contributed by atoms with Crippen LogP contribution in [0.25, 0.3) is 0 Å².